The Morgan fingerprint density at radius 2 is 1.07 bits per heavy atom. The summed E-state index contributed by atoms with van der Waals surface area (Å²) in [6.45, 7) is 0. The van der Waals surface area contributed by atoms with Gasteiger partial charge in [0.1, 0.15) is 0 Å². The van der Waals surface area contributed by atoms with Crippen LogP contribution in [0.2, 0.25) is 0 Å². The van der Waals surface area contributed by atoms with Crippen LogP contribution in [0, 0.1) is 3.57 Å². The van der Waals surface area contributed by atoms with E-state index >= 15 is 0 Å². The Morgan fingerprint density at radius 1 is 0.700 bits per heavy atom. The molecular weight excluding hydrogens is 610 g/mol. The first kappa shape index (κ1) is 27.1. The molecule has 0 spiro atoms. The second kappa shape index (κ2) is 8.19. The van der Waals surface area contributed by atoms with Gasteiger partial charge in [0.2, 0.25) is 0 Å². The van der Waals surface area contributed by atoms with Crippen molar-refractivity contribution in [3.8, 4) is 0 Å². The molecule has 0 N–H and O–H groups in total. The van der Waals surface area contributed by atoms with Crippen LogP contribution in [0.5, 0.6) is 0 Å². The molecule has 0 fully saturated rings. The Bertz CT molecular complexity index is 912. The maximum absolute atomic E-state index is 13.5. The summed E-state index contributed by atoms with van der Waals surface area (Å²) in [5.41, 5.74) is -13.5. The van der Waals surface area contributed by atoms with Crippen molar-refractivity contribution in [2.45, 2.75) is 23.1 Å². The molecule has 0 aliphatic rings. The first-order valence-corrected chi connectivity index (χ1v) is 13.1. The molecule has 0 heterocycles. The monoisotopic (exact) mass is 617 g/mol. The van der Waals surface area contributed by atoms with E-state index in [-0.39, 0.29) is 0 Å². The van der Waals surface area contributed by atoms with Gasteiger partial charge in [-0.3, -0.25) is 0 Å². The zero-order valence-corrected chi connectivity index (χ0v) is 17.3. The molecule has 0 aliphatic heterocycles. The molecule has 5 nitrogen and oxygen atoms in total. The molecule has 0 amide bonds. The topological polar surface area (TPSA) is 71.5 Å². The van der Waals surface area contributed by atoms with Crippen LogP contribution in [0.4, 0.5) is 48.3 Å². The molecule has 30 heavy (non-hydrogen) atoms. The van der Waals surface area contributed by atoms with Gasteiger partial charge in [0, 0.05) is 0 Å². The molecule has 19 heteroatoms. The van der Waals surface area contributed by atoms with E-state index in [1.54, 1.807) is 0 Å². The van der Waals surface area contributed by atoms with Crippen molar-refractivity contribution in [3.05, 3.63) is 33.9 Å². The zero-order valence-electron chi connectivity index (χ0n) is 13.5. The van der Waals surface area contributed by atoms with Crippen LogP contribution in [-0.4, -0.2) is 46.3 Å². The summed E-state index contributed by atoms with van der Waals surface area (Å²) in [4.78, 5) is 0. The van der Waals surface area contributed by atoms with Crippen molar-refractivity contribution >= 4 is 40.1 Å². The van der Waals surface area contributed by atoms with E-state index in [0.717, 1.165) is 18.2 Å². The fraction of sp³-hybridized carbons (Fsp3) is 0.455. The predicted octanol–water partition coefficient (Wildman–Crippen LogP) is 4.48. The number of benzene rings is 1. The van der Waals surface area contributed by atoms with Crippen LogP contribution in [-0.2, 0) is 20.0 Å². The van der Waals surface area contributed by atoms with E-state index in [0.29, 0.717) is 12.1 Å². The van der Waals surface area contributed by atoms with Crippen molar-refractivity contribution in [3.63, 3.8) is 0 Å². The number of halogens is 12. The second-order valence-corrected chi connectivity index (χ2v) is 15.0. The van der Waals surface area contributed by atoms with Crippen molar-refractivity contribution in [2.75, 3.05) is 4.43 Å². The molecule has 0 bridgehead atoms. The van der Waals surface area contributed by atoms with Crippen LogP contribution in [0.3, 0.4) is 0 Å². The molecule has 0 radical (unpaired) electrons. The molecule has 0 aliphatic carbocycles. The second-order valence-electron chi connectivity index (χ2n) is 5.02. The van der Waals surface area contributed by atoms with E-state index in [1.807, 2.05) is 0 Å². The standard InChI is InChI=1S/C11H7F11INO4S2/c12-8(13,9(14,15)16)6-23(7-4-2-1-3-5-7)24(29(25,26)10(17,18)19)30(27,28)11(20,21)22/h1-5H,6H2. The molecule has 0 aromatic heterocycles. The summed E-state index contributed by atoms with van der Waals surface area (Å²) in [5, 5.41) is 0. The molecule has 0 unspecified atom stereocenters. The zero-order chi connectivity index (χ0) is 24.0. The number of sulfonamides is 2. The van der Waals surface area contributed by atoms with Gasteiger partial charge in [-0.25, -0.2) is 0 Å². The molecule has 0 saturated carbocycles. The van der Waals surface area contributed by atoms with E-state index in [1.165, 1.54) is 0 Å². The van der Waals surface area contributed by atoms with Crippen molar-refractivity contribution in [2.24, 2.45) is 0 Å². The van der Waals surface area contributed by atoms with Gasteiger partial charge in [0.25, 0.3) is 0 Å². The van der Waals surface area contributed by atoms with E-state index in [2.05, 4.69) is 0 Å². The van der Waals surface area contributed by atoms with E-state index in [9.17, 15) is 65.1 Å². The minimum atomic E-state index is -7.55. The molecule has 176 valence electrons. The van der Waals surface area contributed by atoms with Crippen LogP contribution in [0.15, 0.2) is 30.3 Å². The Hall–Kier alpha value is -0.960. The first-order valence-electron chi connectivity index (χ1n) is 6.66. The Labute approximate surface area is 168 Å². The number of hydrogen-bond acceptors (Lipinski definition) is 4. The van der Waals surface area contributed by atoms with Gasteiger partial charge in [0.15, 0.2) is 0 Å². The summed E-state index contributed by atoms with van der Waals surface area (Å²) >= 11 is -5.88. The quantitative estimate of drug-likeness (QED) is 0.205. The normalized spacial score (nSPS) is 15.4. The first-order chi connectivity index (χ1) is 13.1. The number of rotatable bonds is 6. The van der Waals surface area contributed by atoms with E-state index < -0.39 is 73.2 Å². The fourth-order valence-electron chi connectivity index (χ4n) is 1.51. The molecule has 1 aromatic carbocycles. The number of nitrogens with zero attached hydrogens (tertiary/aromatic N) is 1. The third-order valence-electron chi connectivity index (χ3n) is 2.82. The van der Waals surface area contributed by atoms with Gasteiger partial charge in [-0.1, -0.05) is 0 Å². The van der Waals surface area contributed by atoms with Crippen molar-refractivity contribution in [1.82, 2.24) is 1.92 Å². The third-order valence-corrected chi connectivity index (χ3v) is 16.1. The molecule has 0 atom stereocenters. The SMILES string of the molecule is O=S(=O)(N(I(CC(F)(F)C(F)(F)F)c1ccccc1)S(=O)(=O)C(F)(F)F)C(F)(F)F. The fourth-order valence-corrected chi connectivity index (χ4v) is 14.4. The summed E-state index contributed by atoms with van der Waals surface area (Å²) in [6, 6.07) is 3.44. The minimum absolute atomic E-state index is 0.447. The summed E-state index contributed by atoms with van der Waals surface area (Å²) < 4.78 is 182. The van der Waals surface area contributed by atoms with Crippen LogP contribution < -0.4 is 0 Å². The average molecular weight is 617 g/mol. The Kier molecular flexibility index (Phi) is 7.39. The van der Waals surface area contributed by atoms with E-state index in [4.69, 9.17) is 0 Å². The van der Waals surface area contributed by atoms with Gasteiger partial charge >= 0.3 is 169 Å². The molecule has 0 saturated heterocycles. The van der Waals surface area contributed by atoms with Gasteiger partial charge in [-0.2, -0.15) is 0 Å². The third kappa shape index (κ3) is 5.26. The Morgan fingerprint density at radius 3 is 1.37 bits per heavy atom. The number of hydrogen-bond donors (Lipinski definition) is 0. The van der Waals surface area contributed by atoms with Gasteiger partial charge in [-0.15, -0.1) is 0 Å². The van der Waals surface area contributed by atoms with Gasteiger partial charge in [-0.05, 0) is 0 Å². The van der Waals surface area contributed by atoms with Crippen LogP contribution in [0.25, 0.3) is 0 Å². The average Bonchev–Trinajstić information content (AvgIpc) is 2.51. The summed E-state index contributed by atoms with van der Waals surface area (Å²) in [6.07, 6.45) is -6.52. The Balaban J connectivity index is 3.96. The van der Waals surface area contributed by atoms with Crippen LogP contribution in [0.1, 0.15) is 0 Å². The van der Waals surface area contributed by atoms with Crippen molar-refractivity contribution < 1.29 is 65.1 Å². The molecular formula is C11H7F11INO4S2. The predicted molar refractivity (Wildman–Crippen MR) is 86.8 cm³/mol. The maximum atomic E-state index is 13.5. The van der Waals surface area contributed by atoms with Gasteiger partial charge < -0.3 is 0 Å². The summed E-state index contributed by atoms with van der Waals surface area (Å²) in [5.74, 6) is -6.01. The molecule has 1 rings (SSSR count). The van der Waals surface area contributed by atoms with Gasteiger partial charge in [0.05, 0.1) is 0 Å². The number of alkyl halides is 12. The molecule has 1 aromatic rings. The van der Waals surface area contributed by atoms with Crippen LogP contribution >= 0.6 is 20.1 Å². The van der Waals surface area contributed by atoms with Crippen molar-refractivity contribution in [1.29, 1.82) is 0 Å². The summed E-state index contributed by atoms with van der Waals surface area (Å²) in [7, 11) is -15.1.